The maximum atomic E-state index is 14.5. The molecular formula is C26H20F7N5O5S. The van der Waals surface area contributed by atoms with Gasteiger partial charge in [0.15, 0.2) is 33.9 Å². The fourth-order valence-corrected chi connectivity index (χ4v) is 4.80. The Bertz CT molecular complexity index is 1750. The lowest BCUT2D eigenvalue weighted by Crippen LogP contribution is -2.20. The highest BCUT2D eigenvalue weighted by molar-refractivity contribution is 7.92. The smallest absolute Gasteiger partial charge is 0.387 e. The SMILES string of the molecule is COCCOc1ccc(Nc2ncc(F)c(Nc3cccc(NS(=O)(=O)c4c(F)c(F)c(F)c(F)c4OC(F)F)c3)n2)cc1. The van der Waals surface area contributed by atoms with Crippen molar-refractivity contribution >= 4 is 38.9 Å². The molecule has 0 saturated heterocycles. The number of anilines is 5. The van der Waals surface area contributed by atoms with Gasteiger partial charge in [-0.3, -0.25) is 4.72 Å². The molecule has 0 fully saturated rings. The maximum Gasteiger partial charge on any atom is 0.387 e. The van der Waals surface area contributed by atoms with Crippen LogP contribution in [-0.2, 0) is 14.8 Å². The second-order valence-corrected chi connectivity index (χ2v) is 10.1. The van der Waals surface area contributed by atoms with E-state index >= 15 is 0 Å². The third-order valence-electron chi connectivity index (χ3n) is 5.45. The molecule has 0 aliphatic rings. The number of halogens is 7. The van der Waals surface area contributed by atoms with Gasteiger partial charge < -0.3 is 24.8 Å². The summed E-state index contributed by atoms with van der Waals surface area (Å²) >= 11 is 0. The van der Waals surface area contributed by atoms with Crippen LogP contribution in [0.15, 0.2) is 59.6 Å². The van der Waals surface area contributed by atoms with Gasteiger partial charge in [-0.1, -0.05) is 6.07 Å². The largest absolute Gasteiger partial charge is 0.491 e. The van der Waals surface area contributed by atoms with Crippen LogP contribution in [0.2, 0.25) is 0 Å². The average Bonchev–Trinajstić information content (AvgIpc) is 2.97. The van der Waals surface area contributed by atoms with Crippen LogP contribution in [-0.4, -0.2) is 45.3 Å². The van der Waals surface area contributed by atoms with Gasteiger partial charge in [-0.05, 0) is 42.5 Å². The first-order valence-electron chi connectivity index (χ1n) is 12.1. The van der Waals surface area contributed by atoms with E-state index in [9.17, 15) is 39.2 Å². The summed E-state index contributed by atoms with van der Waals surface area (Å²) < 4.78 is 137. The number of rotatable bonds is 13. The van der Waals surface area contributed by atoms with E-state index in [0.717, 1.165) is 18.3 Å². The summed E-state index contributed by atoms with van der Waals surface area (Å²) in [6.45, 7) is -3.18. The third-order valence-corrected chi connectivity index (χ3v) is 6.85. The van der Waals surface area contributed by atoms with Gasteiger partial charge in [-0.25, -0.2) is 31.0 Å². The molecule has 0 spiro atoms. The Hall–Kier alpha value is -4.84. The molecule has 0 atom stereocenters. The van der Waals surface area contributed by atoms with E-state index in [4.69, 9.17) is 9.47 Å². The number of hydrogen-bond acceptors (Lipinski definition) is 9. The minimum atomic E-state index is -5.41. The van der Waals surface area contributed by atoms with Gasteiger partial charge >= 0.3 is 6.61 Å². The summed E-state index contributed by atoms with van der Waals surface area (Å²) in [5.74, 6) is -13.0. The van der Waals surface area contributed by atoms with E-state index in [2.05, 4.69) is 25.3 Å². The Morgan fingerprint density at radius 3 is 2.20 bits per heavy atom. The summed E-state index contributed by atoms with van der Waals surface area (Å²) in [6, 6.07) is 11.3. The van der Waals surface area contributed by atoms with Crippen LogP contribution in [0.25, 0.3) is 0 Å². The minimum absolute atomic E-state index is 0.00713. The predicted octanol–water partition coefficient (Wildman–Crippen LogP) is 6.09. The van der Waals surface area contributed by atoms with Gasteiger partial charge in [0.05, 0.1) is 18.5 Å². The van der Waals surface area contributed by atoms with Gasteiger partial charge in [-0.2, -0.15) is 18.2 Å². The zero-order chi connectivity index (χ0) is 32.0. The summed E-state index contributed by atoms with van der Waals surface area (Å²) in [4.78, 5) is 5.83. The molecule has 3 aromatic carbocycles. The van der Waals surface area contributed by atoms with Crippen molar-refractivity contribution in [3.8, 4) is 11.5 Å². The van der Waals surface area contributed by atoms with E-state index in [1.165, 1.54) is 19.2 Å². The molecule has 234 valence electrons. The van der Waals surface area contributed by atoms with Crippen LogP contribution in [0, 0.1) is 29.1 Å². The molecule has 3 N–H and O–H groups in total. The van der Waals surface area contributed by atoms with E-state index in [1.54, 1.807) is 29.0 Å². The topological polar surface area (TPSA) is 124 Å². The fraction of sp³-hybridized carbons (Fsp3) is 0.154. The van der Waals surface area contributed by atoms with E-state index in [-0.39, 0.29) is 17.5 Å². The Morgan fingerprint density at radius 2 is 1.52 bits per heavy atom. The van der Waals surface area contributed by atoms with Crippen molar-refractivity contribution in [2.75, 3.05) is 35.7 Å². The molecule has 0 radical (unpaired) electrons. The number of methoxy groups -OCH3 is 1. The van der Waals surface area contributed by atoms with Crippen molar-refractivity contribution in [2.24, 2.45) is 0 Å². The Morgan fingerprint density at radius 1 is 0.841 bits per heavy atom. The summed E-state index contributed by atoms with van der Waals surface area (Å²) in [7, 11) is -3.87. The monoisotopic (exact) mass is 647 g/mol. The number of nitrogens with zero attached hydrogens (tertiary/aromatic N) is 2. The lowest BCUT2D eigenvalue weighted by molar-refractivity contribution is -0.0551. The molecule has 4 aromatic rings. The molecule has 0 aliphatic carbocycles. The Kier molecular flexibility index (Phi) is 9.94. The van der Waals surface area contributed by atoms with Crippen LogP contribution in [0.3, 0.4) is 0 Å². The normalized spacial score (nSPS) is 11.4. The first kappa shape index (κ1) is 32.1. The van der Waals surface area contributed by atoms with Crippen molar-refractivity contribution in [2.45, 2.75) is 11.5 Å². The number of ether oxygens (including phenoxy) is 3. The number of aromatic nitrogens is 2. The van der Waals surface area contributed by atoms with Crippen LogP contribution in [0.4, 0.5) is 59.6 Å². The number of nitrogens with one attached hydrogen (secondary N) is 3. The fourth-order valence-electron chi connectivity index (χ4n) is 3.55. The highest BCUT2D eigenvalue weighted by Crippen LogP contribution is 2.36. The number of benzene rings is 3. The van der Waals surface area contributed by atoms with Gasteiger partial charge in [0.2, 0.25) is 17.6 Å². The standard InChI is InChI=1S/C26H20F7N5O5S/c1-41-9-10-42-16-7-5-13(6-8-16)36-26-34-12-17(27)24(37-26)35-14-3-2-4-15(11-14)38-44(39,40)23-21(31)19(29)18(28)20(30)22(23)43-25(32)33/h2-8,11-12,25,38H,9-10H2,1H3,(H2,34,35,36,37). The molecule has 0 bridgehead atoms. The van der Waals surface area contributed by atoms with E-state index < -0.39 is 62.1 Å². The molecule has 4 rings (SSSR count). The van der Waals surface area contributed by atoms with Crippen molar-refractivity contribution in [3.05, 3.63) is 83.8 Å². The van der Waals surface area contributed by atoms with Crippen LogP contribution in [0.5, 0.6) is 11.5 Å². The molecule has 0 aliphatic heterocycles. The summed E-state index contributed by atoms with van der Waals surface area (Å²) in [6.07, 6.45) is 0.845. The summed E-state index contributed by atoms with van der Waals surface area (Å²) in [5.41, 5.74) is 0.101. The first-order chi connectivity index (χ1) is 20.9. The van der Waals surface area contributed by atoms with Gasteiger partial charge in [-0.15, -0.1) is 0 Å². The van der Waals surface area contributed by atoms with Gasteiger partial charge in [0.25, 0.3) is 10.0 Å². The Balaban J connectivity index is 1.54. The second kappa shape index (κ2) is 13.6. The average molecular weight is 648 g/mol. The quantitative estimate of drug-likeness (QED) is 0.0685. The lowest BCUT2D eigenvalue weighted by Gasteiger charge is -2.16. The predicted molar refractivity (Wildman–Crippen MR) is 143 cm³/mol. The summed E-state index contributed by atoms with van der Waals surface area (Å²) in [5, 5.41) is 5.44. The van der Waals surface area contributed by atoms with Crippen molar-refractivity contribution < 1.29 is 53.4 Å². The molecule has 10 nitrogen and oxygen atoms in total. The number of alkyl halides is 2. The van der Waals surface area contributed by atoms with E-state index in [0.29, 0.717) is 24.7 Å². The highest BCUT2D eigenvalue weighted by Gasteiger charge is 2.35. The maximum absolute atomic E-state index is 14.5. The highest BCUT2D eigenvalue weighted by atomic mass is 32.2. The zero-order valence-corrected chi connectivity index (χ0v) is 23.0. The van der Waals surface area contributed by atoms with Crippen molar-refractivity contribution in [1.29, 1.82) is 0 Å². The molecule has 0 unspecified atom stereocenters. The molecule has 1 heterocycles. The van der Waals surface area contributed by atoms with Gasteiger partial charge in [0, 0.05) is 18.5 Å². The second-order valence-electron chi connectivity index (χ2n) is 8.48. The van der Waals surface area contributed by atoms with Crippen molar-refractivity contribution in [3.63, 3.8) is 0 Å². The van der Waals surface area contributed by atoms with Crippen LogP contribution in [0.1, 0.15) is 0 Å². The van der Waals surface area contributed by atoms with E-state index in [1.807, 2.05) is 0 Å². The van der Waals surface area contributed by atoms with Crippen LogP contribution >= 0.6 is 0 Å². The minimum Gasteiger partial charge on any atom is -0.491 e. The molecule has 0 saturated carbocycles. The lowest BCUT2D eigenvalue weighted by atomic mass is 10.3. The molecule has 1 aromatic heterocycles. The first-order valence-corrected chi connectivity index (χ1v) is 13.6. The molecule has 44 heavy (non-hydrogen) atoms. The van der Waals surface area contributed by atoms with Gasteiger partial charge in [0.1, 0.15) is 12.4 Å². The third kappa shape index (κ3) is 7.56. The molecule has 0 amide bonds. The van der Waals surface area contributed by atoms with Crippen molar-refractivity contribution in [1.82, 2.24) is 9.97 Å². The molecule has 18 heteroatoms. The number of hydrogen-bond donors (Lipinski definition) is 3. The zero-order valence-electron chi connectivity index (χ0n) is 22.2. The molecular weight excluding hydrogens is 627 g/mol. The number of sulfonamides is 1. The Labute approximate surface area is 244 Å². The van der Waals surface area contributed by atoms with Crippen LogP contribution < -0.4 is 24.8 Å².